The average molecular weight is 178 g/mol. The van der Waals surface area contributed by atoms with Gasteiger partial charge in [-0.3, -0.25) is 0 Å². The largest absolute Gasteiger partial charge is 0.245 e. The maximum Gasteiger partial charge on any atom is 0.113 e. The molecule has 12 heavy (non-hydrogen) atoms. The molecule has 62 valence electrons. The summed E-state index contributed by atoms with van der Waals surface area (Å²) in [5.41, 5.74) is 0.889. The third-order valence-electron chi connectivity index (χ3n) is 2.40. The lowest BCUT2D eigenvalue weighted by molar-refractivity contribution is 0.882. The smallest absolute Gasteiger partial charge is 0.113 e. The summed E-state index contributed by atoms with van der Waals surface area (Å²) in [6, 6.07) is 2.36. The van der Waals surface area contributed by atoms with Crippen molar-refractivity contribution in [1.29, 1.82) is 5.26 Å². The van der Waals surface area contributed by atoms with Crippen LogP contribution in [0.2, 0.25) is 0 Å². The van der Waals surface area contributed by atoms with Gasteiger partial charge in [-0.15, -0.1) is 11.3 Å². The van der Waals surface area contributed by atoms with Gasteiger partial charge < -0.3 is 0 Å². The molecule has 2 rings (SSSR count). The van der Waals surface area contributed by atoms with Crippen LogP contribution in [0.3, 0.4) is 0 Å². The van der Waals surface area contributed by atoms with Gasteiger partial charge in [0.25, 0.3) is 0 Å². The predicted molar refractivity (Wildman–Crippen MR) is 48.1 cm³/mol. The zero-order valence-corrected chi connectivity index (χ0v) is 8.03. The van der Waals surface area contributed by atoms with E-state index in [1.807, 2.05) is 6.92 Å². The van der Waals surface area contributed by atoms with Gasteiger partial charge >= 0.3 is 0 Å². The number of thiazole rings is 1. The Bertz CT molecular complexity index is 336. The van der Waals surface area contributed by atoms with E-state index in [9.17, 15) is 0 Å². The van der Waals surface area contributed by atoms with Crippen molar-refractivity contribution in [2.75, 3.05) is 0 Å². The number of nitriles is 1. The van der Waals surface area contributed by atoms with Crippen LogP contribution in [0.5, 0.6) is 0 Å². The zero-order chi connectivity index (χ0) is 8.77. The molecule has 0 spiro atoms. The van der Waals surface area contributed by atoms with Crippen LogP contribution < -0.4 is 0 Å². The number of aromatic nitrogens is 1. The number of hydrogen-bond acceptors (Lipinski definition) is 3. The molecule has 0 aromatic carbocycles. The van der Waals surface area contributed by atoms with E-state index in [0.717, 1.165) is 23.5 Å². The van der Waals surface area contributed by atoms with Crippen molar-refractivity contribution in [3.05, 3.63) is 15.6 Å². The Morgan fingerprint density at radius 3 is 2.50 bits per heavy atom. The summed E-state index contributed by atoms with van der Waals surface area (Å²) in [6.45, 7) is 4.06. The second-order valence-electron chi connectivity index (χ2n) is 3.35. The highest BCUT2D eigenvalue weighted by Crippen LogP contribution is 2.49. The Kier molecular flexibility index (Phi) is 1.49. The minimum Gasteiger partial charge on any atom is -0.245 e. The number of nitrogens with zero attached hydrogens (tertiary/aromatic N) is 2. The number of aryl methyl sites for hydroxylation is 2. The summed E-state index contributed by atoms with van der Waals surface area (Å²) in [7, 11) is 0. The lowest BCUT2D eigenvalue weighted by Gasteiger charge is -1.96. The number of hydrogen-bond donors (Lipinski definition) is 0. The normalized spacial score (nSPS) is 18.8. The van der Waals surface area contributed by atoms with Gasteiger partial charge in [-0.25, -0.2) is 4.98 Å². The Morgan fingerprint density at radius 1 is 1.50 bits per heavy atom. The van der Waals surface area contributed by atoms with Crippen LogP contribution in [0.4, 0.5) is 0 Å². The topological polar surface area (TPSA) is 36.7 Å². The molecule has 1 heterocycles. The average Bonchev–Trinajstić information content (AvgIpc) is 2.77. The fraction of sp³-hybridized carbons (Fsp3) is 0.556. The van der Waals surface area contributed by atoms with E-state index in [2.05, 4.69) is 18.0 Å². The van der Waals surface area contributed by atoms with E-state index in [0.29, 0.717) is 0 Å². The second-order valence-corrected chi connectivity index (χ2v) is 4.56. The zero-order valence-electron chi connectivity index (χ0n) is 7.22. The fourth-order valence-corrected chi connectivity index (χ4v) is 2.29. The molecular weight excluding hydrogens is 168 g/mol. The molecular formula is C9H10N2S. The molecule has 0 bridgehead atoms. The third kappa shape index (κ3) is 0.953. The first-order chi connectivity index (χ1) is 5.68. The van der Waals surface area contributed by atoms with Crippen molar-refractivity contribution in [2.45, 2.75) is 32.1 Å². The molecule has 1 saturated carbocycles. The molecule has 1 fully saturated rings. The van der Waals surface area contributed by atoms with E-state index in [4.69, 9.17) is 5.26 Å². The molecule has 0 amide bonds. The van der Waals surface area contributed by atoms with E-state index in [1.54, 1.807) is 11.3 Å². The summed E-state index contributed by atoms with van der Waals surface area (Å²) < 4.78 is 0. The summed E-state index contributed by atoms with van der Waals surface area (Å²) in [4.78, 5) is 5.65. The third-order valence-corrected chi connectivity index (χ3v) is 3.68. The Labute approximate surface area is 75.9 Å². The molecule has 3 heteroatoms. The molecule has 1 aromatic rings. The predicted octanol–water partition coefficient (Wildman–Crippen LogP) is 2.32. The highest BCUT2D eigenvalue weighted by molar-refractivity contribution is 7.11. The Morgan fingerprint density at radius 2 is 2.17 bits per heavy atom. The molecule has 0 aliphatic heterocycles. The minimum atomic E-state index is -0.191. The molecule has 1 aliphatic rings. The lowest BCUT2D eigenvalue weighted by Crippen LogP contribution is -2.00. The van der Waals surface area contributed by atoms with Crippen LogP contribution in [0.25, 0.3) is 0 Å². The van der Waals surface area contributed by atoms with Crippen LogP contribution in [-0.2, 0) is 5.41 Å². The highest BCUT2D eigenvalue weighted by atomic mass is 32.1. The standard InChI is InChI=1S/C9H10N2S/c1-6-7(2)12-8(11-6)9(5-10)3-4-9/h3-4H2,1-2H3. The first kappa shape index (κ1) is 7.75. The minimum absolute atomic E-state index is 0.191. The molecule has 1 aromatic heterocycles. The van der Waals surface area contributed by atoms with E-state index in [-0.39, 0.29) is 5.41 Å². The van der Waals surface area contributed by atoms with Crippen LogP contribution in [0, 0.1) is 25.2 Å². The fourth-order valence-electron chi connectivity index (χ4n) is 1.18. The molecule has 0 saturated heterocycles. The monoisotopic (exact) mass is 178 g/mol. The first-order valence-electron chi connectivity index (χ1n) is 4.04. The van der Waals surface area contributed by atoms with Gasteiger partial charge in [-0.1, -0.05) is 0 Å². The summed E-state index contributed by atoms with van der Waals surface area (Å²) in [5.74, 6) is 0. The van der Waals surface area contributed by atoms with Gasteiger partial charge in [0.1, 0.15) is 10.4 Å². The van der Waals surface area contributed by atoms with Crippen LogP contribution in [0.1, 0.15) is 28.4 Å². The maximum atomic E-state index is 8.93. The SMILES string of the molecule is Cc1nc(C2(C#N)CC2)sc1C. The molecule has 0 radical (unpaired) electrons. The summed E-state index contributed by atoms with van der Waals surface area (Å²) in [5, 5.41) is 9.95. The highest BCUT2D eigenvalue weighted by Gasteiger charge is 2.47. The van der Waals surface area contributed by atoms with Crippen LogP contribution in [-0.4, -0.2) is 4.98 Å². The van der Waals surface area contributed by atoms with Gasteiger partial charge in [0.15, 0.2) is 0 Å². The van der Waals surface area contributed by atoms with Gasteiger partial charge in [-0.2, -0.15) is 5.26 Å². The second kappa shape index (κ2) is 2.30. The summed E-state index contributed by atoms with van der Waals surface area (Å²) in [6.07, 6.45) is 1.99. The molecule has 1 aliphatic carbocycles. The van der Waals surface area contributed by atoms with E-state index in [1.165, 1.54) is 4.88 Å². The van der Waals surface area contributed by atoms with Crippen molar-refractivity contribution in [3.8, 4) is 6.07 Å². The molecule has 0 unspecified atom stereocenters. The molecule has 0 atom stereocenters. The summed E-state index contributed by atoms with van der Waals surface area (Å²) >= 11 is 1.67. The van der Waals surface area contributed by atoms with Gasteiger partial charge in [0, 0.05) is 4.88 Å². The molecule has 0 N–H and O–H groups in total. The van der Waals surface area contributed by atoms with Gasteiger partial charge in [0.05, 0.1) is 11.8 Å². The van der Waals surface area contributed by atoms with Gasteiger partial charge in [0.2, 0.25) is 0 Å². The number of rotatable bonds is 1. The van der Waals surface area contributed by atoms with Crippen molar-refractivity contribution < 1.29 is 0 Å². The van der Waals surface area contributed by atoms with Crippen molar-refractivity contribution in [3.63, 3.8) is 0 Å². The van der Waals surface area contributed by atoms with Crippen LogP contribution >= 0.6 is 11.3 Å². The Hall–Kier alpha value is -0.880. The van der Waals surface area contributed by atoms with E-state index >= 15 is 0 Å². The lowest BCUT2D eigenvalue weighted by atomic mass is 10.1. The van der Waals surface area contributed by atoms with Crippen LogP contribution in [0.15, 0.2) is 0 Å². The van der Waals surface area contributed by atoms with Gasteiger partial charge in [-0.05, 0) is 26.7 Å². The van der Waals surface area contributed by atoms with E-state index < -0.39 is 0 Å². The molecule has 2 nitrogen and oxygen atoms in total. The van der Waals surface area contributed by atoms with Crippen molar-refractivity contribution in [1.82, 2.24) is 4.98 Å². The maximum absolute atomic E-state index is 8.93. The Balaban J connectivity index is 2.43. The quantitative estimate of drug-likeness (QED) is 0.661. The van der Waals surface area contributed by atoms with Crippen molar-refractivity contribution >= 4 is 11.3 Å². The first-order valence-corrected chi connectivity index (χ1v) is 4.85. The van der Waals surface area contributed by atoms with Crippen molar-refractivity contribution in [2.24, 2.45) is 0 Å².